The Labute approximate surface area is 202 Å². The van der Waals surface area contributed by atoms with Gasteiger partial charge in [0, 0.05) is 13.1 Å². The van der Waals surface area contributed by atoms with Crippen LogP contribution in [0.1, 0.15) is 35.7 Å². The molecule has 1 fully saturated rings. The average molecular weight is 591 g/mol. The minimum atomic E-state index is -1.47. The molecule has 0 radical (unpaired) electrons. The van der Waals surface area contributed by atoms with Gasteiger partial charge in [0.25, 0.3) is 5.91 Å². The van der Waals surface area contributed by atoms with Gasteiger partial charge in [-0.3, -0.25) is 9.59 Å². The normalized spacial score (nSPS) is 16.8. The Morgan fingerprint density at radius 1 is 1.16 bits per heavy atom. The number of carboxylic acid groups (broad SMARTS) is 1. The highest BCUT2D eigenvalue weighted by Gasteiger charge is 2.29. The fourth-order valence-corrected chi connectivity index (χ4v) is 5.04. The number of carbonyl (C=O) groups is 2. The maximum Gasteiger partial charge on any atom is 0.306 e. The number of rotatable bonds is 6. The molecule has 1 amide bonds. The van der Waals surface area contributed by atoms with Gasteiger partial charge in [0.1, 0.15) is 16.8 Å². The molecule has 2 atom stereocenters. The molecular formula is C21H22Br2NO7P. The molecule has 172 valence electrons. The van der Waals surface area contributed by atoms with Gasteiger partial charge in [-0.2, -0.15) is 0 Å². The van der Waals surface area contributed by atoms with Gasteiger partial charge in [0.15, 0.2) is 5.75 Å². The van der Waals surface area contributed by atoms with Gasteiger partial charge < -0.3 is 29.5 Å². The molecule has 32 heavy (non-hydrogen) atoms. The molecule has 3 rings (SSSR count). The van der Waals surface area contributed by atoms with Gasteiger partial charge in [-0.25, -0.2) is 0 Å². The monoisotopic (exact) mass is 589 g/mol. The minimum Gasteiger partial charge on any atom is -0.507 e. The molecule has 0 aromatic heterocycles. The molecule has 1 heterocycles. The first-order valence-corrected chi connectivity index (χ1v) is 12.4. The third-order valence-corrected chi connectivity index (χ3v) is 7.33. The highest BCUT2D eigenvalue weighted by Crippen LogP contribution is 2.43. The first-order chi connectivity index (χ1) is 15.0. The van der Waals surface area contributed by atoms with Crippen molar-refractivity contribution in [2.45, 2.75) is 25.1 Å². The second kappa shape index (κ2) is 9.95. The zero-order valence-electron chi connectivity index (χ0n) is 17.0. The zero-order chi connectivity index (χ0) is 23.6. The predicted molar refractivity (Wildman–Crippen MR) is 126 cm³/mol. The van der Waals surface area contributed by atoms with Crippen LogP contribution >= 0.6 is 40.3 Å². The van der Waals surface area contributed by atoms with Crippen molar-refractivity contribution >= 4 is 52.2 Å². The number of carbonyl (C=O) groups excluding carboxylic acids is 1. The highest BCUT2D eigenvalue weighted by atomic mass is 79.9. The summed E-state index contributed by atoms with van der Waals surface area (Å²) in [5, 5.41) is 28.2. The van der Waals surface area contributed by atoms with Crippen LogP contribution in [-0.2, 0) is 14.7 Å². The van der Waals surface area contributed by atoms with Crippen LogP contribution in [0.5, 0.6) is 17.2 Å². The van der Waals surface area contributed by atoms with E-state index in [1.54, 1.807) is 12.1 Å². The van der Waals surface area contributed by atoms with E-state index in [-0.39, 0.29) is 11.3 Å². The Bertz CT molecular complexity index is 1050. The van der Waals surface area contributed by atoms with Crippen LogP contribution in [0, 0.1) is 5.92 Å². The Hall–Kier alpha value is -1.87. The van der Waals surface area contributed by atoms with Crippen molar-refractivity contribution in [3.05, 3.63) is 50.4 Å². The van der Waals surface area contributed by atoms with Crippen LogP contribution in [-0.4, -0.2) is 45.2 Å². The SMILES string of the molecule is CC(O)([PH2]=O)c1cc(Br)c(Oc2ccc(O)c(C(=O)N3CCC(C(=O)O)CC3)c2)c(Br)c1. The van der Waals surface area contributed by atoms with Gasteiger partial charge in [0.05, 0.1) is 28.9 Å². The fourth-order valence-electron chi connectivity index (χ4n) is 3.39. The van der Waals surface area contributed by atoms with E-state index in [0.29, 0.717) is 51.9 Å². The molecule has 2 unspecified atom stereocenters. The Balaban J connectivity index is 1.83. The van der Waals surface area contributed by atoms with E-state index in [4.69, 9.17) is 9.84 Å². The number of phenols is 1. The molecule has 11 heteroatoms. The quantitative estimate of drug-likeness (QED) is 0.421. The molecule has 1 aliphatic heterocycles. The molecule has 2 aromatic rings. The maximum absolute atomic E-state index is 12.9. The summed E-state index contributed by atoms with van der Waals surface area (Å²) in [5.74, 6) is -1.27. The van der Waals surface area contributed by atoms with Crippen molar-refractivity contribution in [3.63, 3.8) is 0 Å². The third-order valence-electron chi connectivity index (χ3n) is 5.36. The number of phenolic OH excluding ortho intramolecular Hbond substituents is 1. The van der Waals surface area contributed by atoms with E-state index in [9.17, 15) is 24.4 Å². The number of carboxylic acids is 1. The number of hydrogen-bond donors (Lipinski definition) is 3. The van der Waals surface area contributed by atoms with Crippen molar-refractivity contribution < 1.29 is 34.2 Å². The van der Waals surface area contributed by atoms with E-state index in [2.05, 4.69) is 31.9 Å². The molecular weight excluding hydrogens is 569 g/mol. The van der Waals surface area contributed by atoms with Crippen molar-refractivity contribution in [2.24, 2.45) is 5.92 Å². The average Bonchev–Trinajstić information content (AvgIpc) is 2.76. The van der Waals surface area contributed by atoms with E-state index >= 15 is 0 Å². The Morgan fingerprint density at radius 3 is 2.28 bits per heavy atom. The number of benzene rings is 2. The minimum absolute atomic E-state index is 0.0537. The number of aliphatic carboxylic acids is 1. The highest BCUT2D eigenvalue weighted by molar-refractivity contribution is 9.11. The van der Waals surface area contributed by atoms with E-state index < -0.39 is 31.6 Å². The number of aliphatic hydroxyl groups is 1. The van der Waals surface area contributed by atoms with Gasteiger partial charge in [-0.15, -0.1) is 0 Å². The smallest absolute Gasteiger partial charge is 0.306 e. The number of ether oxygens (including phenoxy) is 1. The van der Waals surface area contributed by atoms with Crippen LogP contribution in [0.4, 0.5) is 0 Å². The van der Waals surface area contributed by atoms with E-state index in [0.717, 1.165) is 0 Å². The molecule has 0 aliphatic carbocycles. The summed E-state index contributed by atoms with van der Waals surface area (Å²) in [4.78, 5) is 25.6. The number of halogens is 2. The summed E-state index contributed by atoms with van der Waals surface area (Å²) >= 11 is 6.77. The summed E-state index contributed by atoms with van der Waals surface area (Å²) in [5.41, 5.74) is 0.498. The maximum atomic E-state index is 12.9. The van der Waals surface area contributed by atoms with E-state index in [1.165, 1.54) is 30.0 Å². The van der Waals surface area contributed by atoms with Crippen LogP contribution in [0.2, 0.25) is 0 Å². The fraction of sp³-hybridized carbons (Fsp3) is 0.333. The number of likely N-dealkylation sites (tertiary alicyclic amines) is 1. The van der Waals surface area contributed by atoms with Gasteiger partial charge in [-0.05, 0) is 87.5 Å². The number of hydrogen-bond acceptors (Lipinski definition) is 6. The Kier molecular flexibility index (Phi) is 7.70. The molecule has 0 spiro atoms. The largest absolute Gasteiger partial charge is 0.507 e. The molecule has 3 N–H and O–H groups in total. The van der Waals surface area contributed by atoms with Crippen LogP contribution in [0.25, 0.3) is 0 Å². The molecule has 0 saturated carbocycles. The van der Waals surface area contributed by atoms with E-state index in [1.807, 2.05) is 0 Å². The van der Waals surface area contributed by atoms with Crippen molar-refractivity contribution in [1.29, 1.82) is 0 Å². The second-order valence-corrected chi connectivity index (χ2v) is 10.8. The molecule has 1 saturated heterocycles. The van der Waals surface area contributed by atoms with Gasteiger partial charge in [-0.1, -0.05) is 0 Å². The lowest BCUT2D eigenvalue weighted by atomic mass is 9.96. The Morgan fingerprint density at radius 2 is 1.75 bits per heavy atom. The first kappa shape index (κ1) is 24.8. The predicted octanol–water partition coefficient (Wildman–Crippen LogP) is 4.57. The summed E-state index contributed by atoms with van der Waals surface area (Å²) in [6.07, 6.45) is 0.720. The lowest BCUT2D eigenvalue weighted by molar-refractivity contribution is -0.143. The molecule has 0 bridgehead atoms. The summed E-state index contributed by atoms with van der Waals surface area (Å²) in [6, 6.07) is 7.49. The first-order valence-electron chi connectivity index (χ1n) is 9.74. The third kappa shape index (κ3) is 5.36. The van der Waals surface area contributed by atoms with Crippen LogP contribution in [0.3, 0.4) is 0 Å². The number of aromatic hydroxyl groups is 1. The van der Waals surface area contributed by atoms with Crippen LogP contribution in [0.15, 0.2) is 39.3 Å². The number of nitrogens with zero attached hydrogens (tertiary/aromatic N) is 1. The van der Waals surface area contributed by atoms with Crippen molar-refractivity contribution in [2.75, 3.05) is 13.1 Å². The zero-order valence-corrected chi connectivity index (χ0v) is 21.4. The molecule has 1 aliphatic rings. The van der Waals surface area contributed by atoms with Crippen molar-refractivity contribution in [1.82, 2.24) is 4.90 Å². The topological polar surface area (TPSA) is 124 Å². The molecule has 8 nitrogen and oxygen atoms in total. The summed E-state index contributed by atoms with van der Waals surface area (Å²) < 4.78 is 18.2. The van der Waals surface area contributed by atoms with Crippen molar-refractivity contribution in [3.8, 4) is 17.2 Å². The standard InChI is InChI=1S/C21H22Br2NO7P/c1-21(29,32-30)12-8-15(22)18(16(23)9-12)31-13-2-3-17(25)14(10-13)19(26)24-6-4-11(5-7-24)20(27)28/h2-3,8-11,25,29H,4-7,32H2,1H3,(H,27,28). The van der Waals surface area contributed by atoms with Crippen LogP contribution < -0.4 is 4.74 Å². The van der Waals surface area contributed by atoms with Gasteiger partial charge >= 0.3 is 5.97 Å². The lowest BCUT2D eigenvalue weighted by Gasteiger charge is -2.30. The van der Waals surface area contributed by atoms with Gasteiger partial charge in [0.2, 0.25) is 0 Å². The summed E-state index contributed by atoms with van der Waals surface area (Å²) in [7, 11) is -1.47. The summed E-state index contributed by atoms with van der Waals surface area (Å²) in [6.45, 7) is 2.04. The number of piperidine rings is 1. The number of amides is 1. The lowest BCUT2D eigenvalue weighted by Crippen LogP contribution is -2.40. The second-order valence-electron chi connectivity index (χ2n) is 7.72. The molecule has 2 aromatic carbocycles.